The number of hydrogen-bond donors (Lipinski definition) is 2. The summed E-state index contributed by atoms with van der Waals surface area (Å²) in [5.41, 5.74) is -3.26. The molecular weight excluding hydrogens is 528 g/mol. The SMILES string of the molecule is O=C(O)c1c(F)c(F)c(C(=O)O)c(F)c1F.O=C(On1cncn1)c1ccc(C(=O)On2cncn2)cc1. The van der Waals surface area contributed by atoms with Gasteiger partial charge >= 0.3 is 23.9 Å². The molecule has 14 nitrogen and oxygen atoms in total. The van der Waals surface area contributed by atoms with Crippen molar-refractivity contribution in [2.75, 3.05) is 0 Å². The van der Waals surface area contributed by atoms with Gasteiger partial charge in [0.15, 0.2) is 35.9 Å². The second-order valence-electron chi connectivity index (χ2n) is 6.55. The highest BCUT2D eigenvalue weighted by Gasteiger charge is 2.32. The first-order valence-electron chi connectivity index (χ1n) is 9.58. The average molecular weight is 538 g/mol. The minimum atomic E-state index is -2.26. The Labute approximate surface area is 206 Å². The maximum absolute atomic E-state index is 12.9. The smallest absolute Gasteiger partial charge is 0.365 e. The quantitative estimate of drug-likeness (QED) is 0.263. The minimum absolute atomic E-state index is 0.243. The van der Waals surface area contributed by atoms with Crippen molar-refractivity contribution in [3.8, 4) is 0 Å². The molecule has 2 aromatic carbocycles. The fourth-order valence-corrected chi connectivity index (χ4v) is 2.51. The van der Waals surface area contributed by atoms with Gasteiger partial charge in [0.1, 0.15) is 23.8 Å². The van der Waals surface area contributed by atoms with Crippen molar-refractivity contribution >= 4 is 23.9 Å². The van der Waals surface area contributed by atoms with Gasteiger partial charge in [-0.05, 0) is 24.3 Å². The van der Waals surface area contributed by atoms with Crippen molar-refractivity contribution in [1.82, 2.24) is 29.9 Å². The summed E-state index contributed by atoms with van der Waals surface area (Å²) >= 11 is 0. The third kappa shape index (κ3) is 5.93. The lowest BCUT2D eigenvalue weighted by Crippen LogP contribution is -2.21. The Bertz CT molecular complexity index is 1350. The van der Waals surface area contributed by atoms with Crippen molar-refractivity contribution in [2.24, 2.45) is 0 Å². The van der Waals surface area contributed by atoms with E-state index in [9.17, 15) is 36.7 Å². The second kappa shape index (κ2) is 11.4. The number of aromatic carboxylic acids is 2. The molecule has 0 bridgehead atoms. The van der Waals surface area contributed by atoms with E-state index in [1.807, 2.05) is 0 Å². The molecule has 0 spiro atoms. The topological polar surface area (TPSA) is 189 Å². The number of benzene rings is 2. The fraction of sp³-hybridized carbons (Fsp3) is 0. The summed E-state index contributed by atoms with van der Waals surface area (Å²) in [4.78, 5) is 63.1. The van der Waals surface area contributed by atoms with Gasteiger partial charge in [0.05, 0.1) is 11.1 Å². The number of rotatable bonds is 6. The van der Waals surface area contributed by atoms with Gasteiger partial charge in [-0.2, -0.15) is 0 Å². The van der Waals surface area contributed by atoms with Crippen LogP contribution in [0.2, 0.25) is 0 Å². The van der Waals surface area contributed by atoms with Crippen LogP contribution in [0.1, 0.15) is 41.4 Å². The minimum Gasteiger partial charge on any atom is -0.477 e. The second-order valence-corrected chi connectivity index (χ2v) is 6.55. The molecule has 4 aromatic rings. The van der Waals surface area contributed by atoms with Crippen LogP contribution < -0.4 is 9.68 Å². The molecule has 0 aliphatic rings. The Hall–Kier alpha value is -5.68. The number of carbonyl (C=O) groups excluding carboxylic acids is 2. The Balaban J connectivity index is 0.000000223. The predicted octanol–water partition coefficient (Wildman–Crippen LogP) is 1.05. The highest BCUT2D eigenvalue weighted by Crippen LogP contribution is 2.24. The Morgan fingerprint density at radius 1 is 0.632 bits per heavy atom. The highest BCUT2D eigenvalue weighted by molar-refractivity contribution is 5.94. The average Bonchev–Trinajstić information content (AvgIpc) is 3.58. The largest absolute Gasteiger partial charge is 0.477 e. The molecule has 196 valence electrons. The normalized spacial score (nSPS) is 10.2. The molecule has 0 radical (unpaired) electrons. The monoisotopic (exact) mass is 538 g/mol. The fourth-order valence-electron chi connectivity index (χ4n) is 2.51. The zero-order valence-corrected chi connectivity index (χ0v) is 18.2. The van der Waals surface area contributed by atoms with Gasteiger partial charge in [-0.15, -0.1) is 10.2 Å². The summed E-state index contributed by atoms with van der Waals surface area (Å²) in [6, 6.07) is 5.71. The summed E-state index contributed by atoms with van der Waals surface area (Å²) in [7, 11) is 0. The molecule has 0 saturated carbocycles. The maximum Gasteiger partial charge on any atom is 0.365 e. The van der Waals surface area contributed by atoms with Crippen LogP contribution in [0.4, 0.5) is 17.6 Å². The summed E-state index contributed by atoms with van der Waals surface area (Å²) in [5.74, 6) is -14.8. The van der Waals surface area contributed by atoms with Crippen molar-refractivity contribution < 1.29 is 56.6 Å². The molecular formula is C20H10F4N6O8. The summed E-state index contributed by atoms with van der Waals surface area (Å²) in [6.45, 7) is 0. The standard InChI is InChI=1S/C12H8N6O4.C8H2F4O4/c19-11(21-17-7-13-5-15-17)9-1-2-10(4-3-9)12(20)22-18-8-14-6-16-18;9-3-1(7(13)14)4(10)6(12)2(5(3)11)8(15)16/h1-8H;(H,13,14)(H,15,16). The summed E-state index contributed by atoms with van der Waals surface area (Å²) in [6.07, 6.45) is 4.94. The van der Waals surface area contributed by atoms with E-state index < -0.39 is 58.3 Å². The predicted molar refractivity (Wildman–Crippen MR) is 108 cm³/mol. The van der Waals surface area contributed by atoms with Crippen LogP contribution in [0.5, 0.6) is 0 Å². The number of halogens is 4. The van der Waals surface area contributed by atoms with Crippen LogP contribution in [0.15, 0.2) is 49.6 Å². The van der Waals surface area contributed by atoms with Gasteiger partial charge in [0.25, 0.3) is 0 Å². The molecule has 0 saturated heterocycles. The van der Waals surface area contributed by atoms with Gasteiger partial charge in [-0.25, -0.2) is 46.7 Å². The lowest BCUT2D eigenvalue weighted by molar-refractivity contribution is 0.0378. The van der Waals surface area contributed by atoms with Crippen LogP contribution in [0, 0.1) is 23.3 Å². The Kier molecular flexibility index (Phi) is 8.05. The van der Waals surface area contributed by atoms with Crippen molar-refractivity contribution in [3.63, 3.8) is 0 Å². The van der Waals surface area contributed by atoms with Crippen molar-refractivity contribution in [1.29, 1.82) is 0 Å². The Morgan fingerprint density at radius 3 is 1.18 bits per heavy atom. The van der Waals surface area contributed by atoms with Crippen LogP contribution in [-0.4, -0.2) is 63.9 Å². The lowest BCUT2D eigenvalue weighted by Gasteiger charge is -2.05. The number of nitrogens with zero attached hydrogens (tertiary/aromatic N) is 6. The molecule has 4 rings (SSSR count). The number of aromatic nitrogens is 6. The molecule has 0 fully saturated rings. The van der Waals surface area contributed by atoms with Gasteiger partial charge in [-0.1, -0.05) is 9.69 Å². The molecule has 0 aliphatic heterocycles. The molecule has 38 heavy (non-hydrogen) atoms. The van der Waals surface area contributed by atoms with Crippen LogP contribution >= 0.6 is 0 Å². The van der Waals surface area contributed by atoms with Crippen LogP contribution in [-0.2, 0) is 0 Å². The van der Waals surface area contributed by atoms with Crippen LogP contribution in [0.25, 0.3) is 0 Å². The van der Waals surface area contributed by atoms with Gasteiger partial charge in [0.2, 0.25) is 0 Å². The molecule has 0 atom stereocenters. The van der Waals surface area contributed by atoms with Gasteiger partial charge in [-0.3, -0.25) is 0 Å². The Morgan fingerprint density at radius 2 is 0.947 bits per heavy atom. The molecule has 0 unspecified atom stereocenters. The lowest BCUT2D eigenvalue weighted by atomic mass is 10.1. The maximum atomic E-state index is 12.9. The molecule has 18 heteroatoms. The number of carboxylic acid groups (broad SMARTS) is 2. The first kappa shape index (κ1) is 26.9. The van der Waals surface area contributed by atoms with Crippen molar-refractivity contribution in [3.05, 3.63) is 95.1 Å². The van der Waals surface area contributed by atoms with E-state index in [0.717, 1.165) is 9.69 Å². The third-order valence-corrected chi connectivity index (χ3v) is 4.20. The zero-order valence-electron chi connectivity index (χ0n) is 18.2. The highest BCUT2D eigenvalue weighted by atomic mass is 19.2. The first-order valence-corrected chi connectivity index (χ1v) is 9.58. The number of carbonyl (C=O) groups is 4. The van der Waals surface area contributed by atoms with E-state index >= 15 is 0 Å². The molecule has 2 aromatic heterocycles. The van der Waals surface area contributed by atoms with E-state index in [1.54, 1.807) is 0 Å². The van der Waals surface area contributed by atoms with E-state index in [0.29, 0.717) is 0 Å². The van der Waals surface area contributed by atoms with E-state index in [2.05, 4.69) is 20.2 Å². The van der Waals surface area contributed by atoms with E-state index in [-0.39, 0.29) is 11.1 Å². The molecule has 2 heterocycles. The molecule has 2 N–H and O–H groups in total. The summed E-state index contributed by atoms with van der Waals surface area (Å²) < 4.78 is 51.6. The third-order valence-electron chi connectivity index (χ3n) is 4.20. The molecule has 0 amide bonds. The number of carboxylic acids is 2. The first-order chi connectivity index (χ1) is 18.0. The van der Waals surface area contributed by atoms with E-state index in [4.69, 9.17) is 19.9 Å². The van der Waals surface area contributed by atoms with Gasteiger partial charge < -0.3 is 19.9 Å². The van der Waals surface area contributed by atoms with Crippen molar-refractivity contribution in [2.45, 2.75) is 0 Å². The zero-order chi connectivity index (χ0) is 28.0. The van der Waals surface area contributed by atoms with Crippen LogP contribution in [0.3, 0.4) is 0 Å². The summed E-state index contributed by atoms with van der Waals surface area (Å²) in [5, 5.41) is 23.8. The van der Waals surface area contributed by atoms with Gasteiger partial charge in [0, 0.05) is 0 Å². The van der Waals surface area contributed by atoms with E-state index in [1.165, 1.54) is 49.6 Å². The molecule has 0 aliphatic carbocycles. The number of hydrogen-bond acceptors (Lipinski definition) is 10.